The maximum Gasteiger partial charge on any atom is 0.134 e. The van der Waals surface area contributed by atoms with Crippen molar-refractivity contribution >= 4 is 11.0 Å². The molecule has 0 amide bonds. The van der Waals surface area contributed by atoms with Gasteiger partial charge in [0.2, 0.25) is 0 Å². The van der Waals surface area contributed by atoms with Crippen LogP contribution in [0.3, 0.4) is 0 Å². The van der Waals surface area contributed by atoms with Gasteiger partial charge < -0.3 is 9.73 Å². The van der Waals surface area contributed by atoms with Crippen molar-refractivity contribution in [2.45, 2.75) is 13.1 Å². The third-order valence-corrected chi connectivity index (χ3v) is 3.09. The van der Waals surface area contributed by atoms with Gasteiger partial charge in [-0.2, -0.15) is 0 Å². The molecule has 3 aromatic rings. The highest BCUT2D eigenvalue weighted by atomic mass is 19.1. The molecule has 0 aliphatic heterocycles. The number of rotatable bonds is 4. The Morgan fingerprint density at radius 2 is 1.89 bits per heavy atom. The highest BCUT2D eigenvalue weighted by Crippen LogP contribution is 2.20. The van der Waals surface area contributed by atoms with Gasteiger partial charge in [-0.1, -0.05) is 30.3 Å². The number of hydrogen-bond donors (Lipinski definition) is 1. The second-order valence-corrected chi connectivity index (χ2v) is 4.49. The molecular weight excluding hydrogens is 241 g/mol. The van der Waals surface area contributed by atoms with E-state index in [-0.39, 0.29) is 5.82 Å². The van der Waals surface area contributed by atoms with E-state index in [9.17, 15) is 4.39 Å². The Bertz CT molecular complexity index is 690. The lowest BCUT2D eigenvalue weighted by Gasteiger charge is -2.04. The third kappa shape index (κ3) is 2.66. The lowest BCUT2D eigenvalue weighted by Crippen LogP contribution is -2.12. The van der Waals surface area contributed by atoms with Crippen molar-refractivity contribution < 1.29 is 8.81 Å². The van der Waals surface area contributed by atoms with E-state index in [0.29, 0.717) is 13.1 Å². The summed E-state index contributed by atoms with van der Waals surface area (Å²) in [7, 11) is 0. The van der Waals surface area contributed by atoms with Crippen LogP contribution >= 0.6 is 0 Å². The predicted molar refractivity (Wildman–Crippen MR) is 73.2 cm³/mol. The van der Waals surface area contributed by atoms with E-state index >= 15 is 0 Å². The van der Waals surface area contributed by atoms with Crippen molar-refractivity contribution in [3.8, 4) is 0 Å². The van der Waals surface area contributed by atoms with Gasteiger partial charge in [0.1, 0.15) is 11.4 Å². The first-order valence-corrected chi connectivity index (χ1v) is 6.23. The van der Waals surface area contributed by atoms with E-state index in [1.54, 1.807) is 18.4 Å². The van der Waals surface area contributed by atoms with Crippen molar-refractivity contribution in [1.29, 1.82) is 0 Å². The fourth-order valence-corrected chi connectivity index (χ4v) is 2.16. The summed E-state index contributed by atoms with van der Waals surface area (Å²) >= 11 is 0. The molecule has 1 N–H and O–H groups in total. The van der Waals surface area contributed by atoms with Crippen molar-refractivity contribution in [3.05, 3.63) is 71.7 Å². The van der Waals surface area contributed by atoms with Gasteiger partial charge in [-0.25, -0.2) is 4.39 Å². The highest BCUT2D eigenvalue weighted by Gasteiger charge is 2.04. The minimum absolute atomic E-state index is 0.201. The van der Waals surface area contributed by atoms with Crippen LogP contribution < -0.4 is 5.32 Å². The summed E-state index contributed by atoms with van der Waals surface area (Å²) in [6.45, 7) is 1.34. The molecule has 0 bridgehead atoms. The molecule has 0 aliphatic rings. The van der Waals surface area contributed by atoms with Crippen LogP contribution in [0.15, 0.2) is 59.2 Å². The van der Waals surface area contributed by atoms with Gasteiger partial charge in [0.05, 0.1) is 6.26 Å². The summed E-state index contributed by atoms with van der Waals surface area (Å²) in [4.78, 5) is 0. The first-order valence-electron chi connectivity index (χ1n) is 6.23. The molecule has 3 rings (SSSR count). The van der Waals surface area contributed by atoms with Crippen LogP contribution in [-0.4, -0.2) is 0 Å². The van der Waals surface area contributed by atoms with Gasteiger partial charge in [-0.15, -0.1) is 0 Å². The van der Waals surface area contributed by atoms with E-state index in [4.69, 9.17) is 4.42 Å². The summed E-state index contributed by atoms with van der Waals surface area (Å²) in [5, 5.41) is 4.42. The standard InChI is InChI=1S/C16H14FNO/c17-14-5-3-4-12(8-14)9-18-10-13-11-19-16-7-2-1-6-15(13)16/h1-8,11,18H,9-10H2. The van der Waals surface area contributed by atoms with Crippen molar-refractivity contribution in [2.24, 2.45) is 0 Å². The van der Waals surface area contributed by atoms with Crippen molar-refractivity contribution in [3.63, 3.8) is 0 Å². The molecule has 19 heavy (non-hydrogen) atoms. The molecule has 1 aromatic heterocycles. The number of hydrogen-bond acceptors (Lipinski definition) is 2. The third-order valence-electron chi connectivity index (χ3n) is 3.09. The number of halogens is 1. The molecule has 0 fully saturated rings. The van der Waals surface area contributed by atoms with Gasteiger partial charge in [0.25, 0.3) is 0 Å². The Kier molecular flexibility index (Phi) is 3.29. The van der Waals surface area contributed by atoms with Crippen molar-refractivity contribution in [1.82, 2.24) is 5.32 Å². The summed E-state index contributed by atoms with van der Waals surface area (Å²) in [6.07, 6.45) is 1.77. The number of furan rings is 1. The molecule has 0 radical (unpaired) electrons. The van der Waals surface area contributed by atoms with Crippen LogP contribution in [0.1, 0.15) is 11.1 Å². The molecular formula is C16H14FNO. The van der Waals surface area contributed by atoms with Gasteiger partial charge in [-0.3, -0.25) is 0 Å². The van der Waals surface area contributed by atoms with Gasteiger partial charge in [0.15, 0.2) is 0 Å². The molecule has 1 heterocycles. The average molecular weight is 255 g/mol. The largest absolute Gasteiger partial charge is 0.464 e. The predicted octanol–water partition coefficient (Wildman–Crippen LogP) is 3.86. The van der Waals surface area contributed by atoms with Gasteiger partial charge in [0, 0.05) is 24.0 Å². The number of fused-ring (bicyclic) bond motifs is 1. The van der Waals surface area contributed by atoms with E-state index < -0.39 is 0 Å². The molecule has 3 heteroatoms. The van der Waals surface area contributed by atoms with E-state index in [1.807, 2.05) is 30.3 Å². The van der Waals surface area contributed by atoms with Crippen LogP contribution in [0.25, 0.3) is 11.0 Å². The average Bonchev–Trinajstić information content (AvgIpc) is 2.83. The fourth-order valence-electron chi connectivity index (χ4n) is 2.16. The second kappa shape index (κ2) is 5.24. The van der Waals surface area contributed by atoms with E-state index in [0.717, 1.165) is 22.1 Å². The lowest BCUT2D eigenvalue weighted by atomic mass is 10.1. The number of benzene rings is 2. The van der Waals surface area contributed by atoms with Crippen LogP contribution in [0, 0.1) is 5.82 Å². The normalized spacial score (nSPS) is 11.0. The highest BCUT2D eigenvalue weighted by molar-refractivity contribution is 5.80. The zero-order valence-electron chi connectivity index (χ0n) is 10.4. The van der Waals surface area contributed by atoms with Gasteiger partial charge >= 0.3 is 0 Å². The molecule has 0 aliphatic carbocycles. The summed E-state index contributed by atoms with van der Waals surface area (Å²) in [5.41, 5.74) is 2.95. The number of nitrogens with one attached hydrogen (secondary N) is 1. The molecule has 2 aromatic carbocycles. The zero-order chi connectivity index (χ0) is 13.1. The Morgan fingerprint density at radius 1 is 1.00 bits per heavy atom. The van der Waals surface area contributed by atoms with Crippen molar-refractivity contribution in [2.75, 3.05) is 0 Å². The molecule has 96 valence electrons. The Balaban J connectivity index is 1.66. The molecule has 0 spiro atoms. The summed E-state index contributed by atoms with van der Waals surface area (Å²) in [6, 6.07) is 14.6. The van der Waals surface area contributed by atoms with Crippen LogP contribution in [0.4, 0.5) is 4.39 Å². The maximum atomic E-state index is 13.0. The van der Waals surface area contributed by atoms with Crippen LogP contribution in [0.2, 0.25) is 0 Å². The second-order valence-electron chi connectivity index (χ2n) is 4.49. The molecule has 2 nitrogen and oxygen atoms in total. The molecule has 0 unspecified atom stereocenters. The van der Waals surface area contributed by atoms with Crippen LogP contribution in [0.5, 0.6) is 0 Å². The molecule has 0 saturated heterocycles. The Morgan fingerprint density at radius 3 is 2.79 bits per heavy atom. The Labute approximate surface area is 110 Å². The quantitative estimate of drug-likeness (QED) is 0.765. The SMILES string of the molecule is Fc1cccc(CNCc2coc3ccccc23)c1. The lowest BCUT2D eigenvalue weighted by molar-refractivity contribution is 0.600. The number of para-hydroxylation sites is 1. The minimum atomic E-state index is -0.201. The first-order chi connectivity index (χ1) is 9.33. The van der Waals surface area contributed by atoms with E-state index in [2.05, 4.69) is 5.32 Å². The van der Waals surface area contributed by atoms with Crippen LogP contribution in [-0.2, 0) is 13.1 Å². The monoisotopic (exact) mass is 255 g/mol. The Hall–Kier alpha value is -2.13. The summed E-state index contributed by atoms with van der Waals surface area (Å²) in [5.74, 6) is -0.201. The van der Waals surface area contributed by atoms with E-state index in [1.165, 1.54) is 6.07 Å². The van der Waals surface area contributed by atoms with Gasteiger partial charge in [-0.05, 0) is 23.8 Å². The zero-order valence-corrected chi connectivity index (χ0v) is 10.4. The minimum Gasteiger partial charge on any atom is -0.464 e. The smallest absolute Gasteiger partial charge is 0.134 e. The maximum absolute atomic E-state index is 13.0. The molecule has 0 atom stereocenters. The summed E-state index contributed by atoms with van der Waals surface area (Å²) < 4.78 is 18.5. The topological polar surface area (TPSA) is 25.2 Å². The fraction of sp³-hybridized carbons (Fsp3) is 0.125. The first kappa shape index (κ1) is 11.9. The molecule has 0 saturated carbocycles.